The summed E-state index contributed by atoms with van der Waals surface area (Å²) >= 11 is 0. The maximum atomic E-state index is 11.7. The molecule has 1 aliphatic rings. The first-order chi connectivity index (χ1) is 7.06. The Balaban J connectivity index is 2.50. The van der Waals surface area contributed by atoms with E-state index in [-0.39, 0.29) is 17.7 Å². The van der Waals surface area contributed by atoms with E-state index >= 15 is 0 Å². The Labute approximate surface area is 89.2 Å². The second-order valence-corrected chi connectivity index (χ2v) is 4.05. The minimum atomic E-state index is -0.968. The average molecular weight is 214 g/mol. The van der Waals surface area contributed by atoms with Crippen LogP contribution < -0.4 is 10.6 Å². The Morgan fingerprint density at radius 2 is 2.20 bits per heavy atom. The second kappa shape index (κ2) is 5.11. The van der Waals surface area contributed by atoms with E-state index in [4.69, 9.17) is 5.11 Å². The number of carboxylic acids is 1. The summed E-state index contributed by atoms with van der Waals surface area (Å²) in [5.41, 5.74) is 0. The van der Waals surface area contributed by atoms with Crippen LogP contribution in [0, 0.1) is 11.8 Å². The van der Waals surface area contributed by atoms with Gasteiger partial charge in [-0.3, -0.25) is 4.79 Å². The summed E-state index contributed by atoms with van der Waals surface area (Å²) in [6, 6.07) is -0.759. The Morgan fingerprint density at radius 3 is 2.60 bits per heavy atom. The quantitative estimate of drug-likeness (QED) is 0.606. The SMILES string of the molecule is CC[C@@H](NC(=O)C1CNCC1C)C(=O)O. The van der Waals surface area contributed by atoms with E-state index in [0.29, 0.717) is 13.0 Å². The van der Waals surface area contributed by atoms with Gasteiger partial charge in [-0.2, -0.15) is 0 Å². The average Bonchev–Trinajstić information content (AvgIpc) is 2.60. The molecule has 1 saturated heterocycles. The standard InChI is InChI=1S/C10H18N2O3/c1-3-8(10(14)15)12-9(13)7-5-11-4-6(7)2/h6-8,11H,3-5H2,1-2H3,(H,12,13)(H,14,15)/t6?,7?,8-/m1/s1. The number of carbonyl (C=O) groups is 2. The highest BCUT2D eigenvalue weighted by atomic mass is 16.4. The van der Waals surface area contributed by atoms with Gasteiger partial charge < -0.3 is 15.7 Å². The van der Waals surface area contributed by atoms with Crippen molar-refractivity contribution in [2.24, 2.45) is 11.8 Å². The summed E-state index contributed by atoms with van der Waals surface area (Å²) in [7, 11) is 0. The number of carbonyl (C=O) groups excluding carboxylic acids is 1. The maximum absolute atomic E-state index is 11.7. The van der Waals surface area contributed by atoms with Crippen molar-refractivity contribution in [3.05, 3.63) is 0 Å². The molecule has 1 rings (SSSR count). The predicted octanol–water partition coefficient (Wildman–Crippen LogP) is -0.179. The highest BCUT2D eigenvalue weighted by molar-refractivity contribution is 5.85. The minimum absolute atomic E-state index is 0.0987. The van der Waals surface area contributed by atoms with Crippen LogP contribution in [0.5, 0.6) is 0 Å². The van der Waals surface area contributed by atoms with Crippen LogP contribution in [0.4, 0.5) is 0 Å². The zero-order chi connectivity index (χ0) is 11.4. The third-order valence-corrected chi connectivity index (χ3v) is 2.88. The summed E-state index contributed by atoms with van der Waals surface area (Å²) in [5.74, 6) is -0.944. The van der Waals surface area contributed by atoms with Crippen LogP contribution in [0.1, 0.15) is 20.3 Å². The number of hydrogen-bond donors (Lipinski definition) is 3. The molecule has 1 heterocycles. The first-order valence-electron chi connectivity index (χ1n) is 5.30. The van der Waals surface area contributed by atoms with Gasteiger partial charge >= 0.3 is 5.97 Å². The molecule has 0 aliphatic carbocycles. The van der Waals surface area contributed by atoms with E-state index in [1.807, 2.05) is 6.92 Å². The Kier molecular flexibility index (Phi) is 4.08. The normalized spacial score (nSPS) is 27.3. The molecule has 3 N–H and O–H groups in total. The van der Waals surface area contributed by atoms with Gasteiger partial charge in [0.2, 0.25) is 5.91 Å². The molecule has 3 atom stereocenters. The van der Waals surface area contributed by atoms with Crippen LogP contribution in [0.3, 0.4) is 0 Å². The van der Waals surface area contributed by atoms with Crippen LogP contribution >= 0.6 is 0 Å². The number of carboxylic acid groups (broad SMARTS) is 1. The van der Waals surface area contributed by atoms with Crippen LogP contribution in [0.25, 0.3) is 0 Å². The summed E-state index contributed by atoms with van der Waals surface area (Å²) < 4.78 is 0. The highest BCUT2D eigenvalue weighted by Gasteiger charge is 2.31. The third kappa shape index (κ3) is 2.92. The van der Waals surface area contributed by atoms with Crippen molar-refractivity contribution >= 4 is 11.9 Å². The molecule has 0 aromatic rings. The van der Waals surface area contributed by atoms with Gasteiger partial charge in [0.05, 0.1) is 5.92 Å². The fourth-order valence-corrected chi connectivity index (χ4v) is 1.78. The Morgan fingerprint density at radius 1 is 1.53 bits per heavy atom. The van der Waals surface area contributed by atoms with Crippen molar-refractivity contribution in [1.82, 2.24) is 10.6 Å². The van der Waals surface area contributed by atoms with Crippen LogP contribution in [0.15, 0.2) is 0 Å². The predicted molar refractivity (Wildman–Crippen MR) is 55.4 cm³/mol. The van der Waals surface area contributed by atoms with E-state index in [9.17, 15) is 9.59 Å². The summed E-state index contributed by atoms with van der Waals surface area (Å²) in [5, 5.41) is 14.5. The van der Waals surface area contributed by atoms with Gasteiger partial charge in [0.25, 0.3) is 0 Å². The molecule has 0 spiro atoms. The lowest BCUT2D eigenvalue weighted by atomic mass is 9.97. The zero-order valence-corrected chi connectivity index (χ0v) is 9.12. The van der Waals surface area contributed by atoms with Crippen molar-refractivity contribution in [1.29, 1.82) is 0 Å². The molecule has 86 valence electrons. The summed E-state index contributed by atoms with van der Waals surface area (Å²) in [6.45, 7) is 5.20. The number of hydrogen-bond acceptors (Lipinski definition) is 3. The molecule has 5 nitrogen and oxygen atoms in total. The van der Waals surface area contributed by atoms with Crippen molar-refractivity contribution in [3.63, 3.8) is 0 Å². The first-order valence-corrected chi connectivity index (χ1v) is 5.30. The third-order valence-electron chi connectivity index (χ3n) is 2.88. The molecule has 0 aromatic carbocycles. The molecule has 15 heavy (non-hydrogen) atoms. The number of aliphatic carboxylic acids is 1. The summed E-state index contributed by atoms with van der Waals surface area (Å²) in [4.78, 5) is 22.4. The lowest BCUT2D eigenvalue weighted by molar-refractivity contribution is -0.142. The Bertz CT molecular complexity index is 255. The van der Waals surface area contributed by atoms with Crippen molar-refractivity contribution in [3.8, 4) is 0 Å². The first kappa shape index (κ1) is 12.0. The molecule has 0 aromatic heterocycles. The van der Waals surface area contributed by atoms with Crippen molar-refractivity contribution < 1.29 is 14.7 Å². The number of rotatable bonds is 4. The molecule has 1 fully saturated rings. The van der Waals surface area contributed by atoms with E-state index in [1.54, 1.807) is 6.92 Å². The second-order valence-electron chi connectivity index (χ2n) is 4.05. The fraction of sp³-hybridized carbons (Fsp3) is 0.800. The van der Waals surface area contributed by atoms with Crippen LogP contribution in [0.2, 0.25) is 0 Å². The number of nitrogens with one attached hydrogen (secondary N) is 2. The van der Waals surface area contributed by atoms with Gasteiger partial charge in [0, 0.05) is 6.54 Å². The van der Waals surface area contributed by atoms with E-state index in [0.717, 1.165) is 6.54 Å². The smallest absolute Gasteiger partial charge is 0.326 e. The maximum Gasteiger partial charge on any atom is 0.326 e. The molecule has 5 heteroatoms. The molecule has 1 aliphatic heterocycles. The van der Waals surface area contributed by atoms with Gasteiger partial charge in [0.1, 0.15) is 6.04 Å². The van der Waals surface area contributed by atoms with Crippen molar-refractivity contribution in [2.45, 2.75) is 26.3 Å². The molecule has 0 radical (unpaired) electrons. The lowest BCUT2D eigenvalue weighted by Crippen LogP contribution is -2.44. The van der Waals surface area contributed by atoms with E-state index in [2.05, 4.69) is 10.6 Å². The largest absolute Gasteiger partial charge is 0.480 e. The molecule has 1 amide bonds. The monoisotopic (exact) mass is 214 g/mol. The summed E-state index contributed by atoms with van der Waals surface area (Å²) in [6.07, 6.45) is 0.412. The van der Waals surface area contributed by atoms with Gasteiger partial charge in [-0.05, 0) is 18.9 Å². The fourth-order valence-electron chi connectivity index (χ4n) is 1.78. The van der Waals surface area contributed by atoms with Gasteiger partial charge in [0.15, 0.2) is 0 Å². The zero-order valence-electron chi connectivity index (χ0n) is 9.12. The van der Waals surface area contributed by atoms with Gasteiger partial charge in [-0.15, -0.1) is 0 Å². The van der Waals surface area contributed by atoms with Gasteiger partial charge in [-0.25, -0.2) is 4.79 Å². The highest BCUT2D eigenvalue weighted by Crippen LogP contribution is 2.16. The molecule has 2 unspecified atom stereocenters. The number of amides is 1. The lowest BCUT2D eigenvalue weighted by Gasteiger charge is -2.17. The van der Waals surface area contributed by atoms with Crippen LogP contribution in [-0.4, -0.2) is 36.1 Å². The molecule has 0 saturated carbocycles. The molecular weight excluding hydrogens is 196 g/mol. The molecule has 0 bridgehead atoms. The van der Waals surface area contributed by atoms with E-state index in [1.165, 1.54) is 0 Å². The molecular formula is C10H18N2O3. The van der Waals surface area contributed by atoms with Crippen molar-refractivity contribution in [2.75, 3.05) is 13.1 Å². The minimum Gasteiger partial charge on any atom is -0.480 e. The Hall–Kier alpha value is -1.10. The topological polar surface area (TPSA) is 78.4 Å². The van der Waals surface area contributed by atoms with Gasteiger partial charge in [-0.1, -0.05) is 13.8 Å². The van der Waals surface area contributed by atoms with Crippen LogP contribution in [-0.2, 0) is 9.59 Å². The van der Waals surface area contributed by atoms with E-state index < -0.39 is 12.0 Å².